The van der Waals surface area contributed by atoms with E-state index in [2.05, 4.69) is 4.98 Å². The third-order valence-corrected chi connectivity index (χ3v) is 4.28. The number of amides is 1. The molecule has 0 radical (unpaired) electrons. The monoisotopic (exact) mass is 290 g/mol. The number of aromatic nitrogens is 1. The summed E-state index contributed by atoms with van der Waals surface area (Å²) in [5, 5.41) is 9.00. The van der Waals surface area contributed by atoms with Crippen LogP contribution in [0.25, 0.3) is 0 Å². The van der Waals surface area contributed by atoms with Gasteiger partial charge in [0.1, 0.15) is 5.69 Å². The second kappa shape index (κ2) is 5.44. The van der Waals surface area contributed by atoms with Crippen molar-refractivity contribution in [2.24, 2.45) is 0 Å². The molecule has 3 rings (SSSR count). The number of ether oxygens (including phenoxy) is 1. The lowest BCUT2D eigenvalue weighted by Crippen LogP contribution is -2.52. The minimum Gasteiger partial charge on any atom is -0.478 e. The van der Waals surface area contributed by atoms with Gasteiger partial charge in [0.05, 0.1) is 24.3 Å². The topological polar surface area (TPSA) is 79.7 Å². The molecule has 6 nitrogen and oxygen atoms in total. The first-order valence-corrected chi connectivity index (χ1v) is 7.22. The molecule has 2 aliphatic rings. The van der Waals surface area contributed by atoms with Crippen LogP contribution in [-0.2, 0) is 4.74 Å². The fourth-order valence-corrected chi connectivity index (χ4v) is 3.18. The van der Waals surface area contributed by atoms with E-state index in [4.69, 9.17) is 9.84 Å². The maximum atomic E-state index is 12.5. The number of carboxylic acid groups (broad SMARTS) is 1. The maximum Gasteiger partial charge on any atom is 0.335 e. The second-order valence-electron chi connectivity index (χ2n) is 5.70. The summed E-state index contributed by atoms with van der Waals surface area (Å²) in [5.41, 5.74) is 0.0698. The number of hydrogen-bond donors (Lipinski definition) is 1. The van der Waals surface area contributed by atoms with Crippen molar-refractivity contribution in [1.29, 1.82) is 0 Å². The minimum atomic E-state index is -1.05. The van der Waals surface area contributed by atoms with Crippen LogP contribution in [0.1, 0.15) is 46.5 Å². The van der Waals surface area contributed by atoms with Crippen molar-refractivity contribution in [3.63, 3.8) is 0 Å². The first-order valence-electron chi connectivity index (χ1n) is 7.22. The summed E-state index contributed by atoms with van der Waals surface area (Å²) in [7, 11) is 0. The third kappa shape index (κ3) is 2.76. The van der Waals surface area contributed by atoms with Gasteiger partial charge in [-0.1, -0.05) is 12.8 Å². The molecule has 1 N–H and O–H groups in total. The van der Waals surface area contributed by atoms with Gasteiger partial charge in [-0.2, -0.15) is 0 Å². The number of aromatic carboxylic acids is 1. The molecule has 1 aliphatic heterocycles. The van der Waals surface area contributed by atoms with Gasteiger partial charge in [0, 0.05) is 12.7 Å². The Morgan fingerprint density at radius 1 is 1.33 bits per heavy atom. The number of carboxylic acids is 1. The lowest BCUT2D eigenvalue weighted by Gasteiger charge is -2.40. The standard InChI is InChI=1S/C15H18N2O4/c18-13(12-9-11(14(19)20)3-6-16-12)17-7-8-21-15(10-17)4-1-2-5-15/h3,6,9H,1-2,4-5,7-8,10H2,(H,19,20). The Morgan fingerprint density at radius 2 is 2.10 bits per heavy atom. The minimum absolute atomic E-state index is 0.0807. The molecule has 0 bridgehead atoms. The van der Waals surface area contributed by atoms with Crippen LogP contribution in [-0.4, -0.2) is 52.2 Å². The third-order valence-electron chi connectivity index (χ3n) is 4.28. The van der Waals surface area contributed by atoms with Gasteiger partial charge in [0.15, 0.2) is 0 Å². The van der Waals surface area contributed by atoms with Crippen LogP contribution >= 0.6 is 0 Å². The van der Waals surface area contributed by atoms with Crippen molar-refractivity contribution in [3.8, 4) is 0 Å². The molecule has 1 saturated carbocycles. The van der Waals surface area contributed by atoms with Crippen molar-refractivity contribution in [2.45, 2.75) is 31.3 Å². The normalized spacial score (nSPS) is 20.7. The molecule has 1 aliphatic carbocycles. The van der Waals surface area contributed by atoms with Gasteiger partial charge in [0.25, 0.3) is 5.91 Å². The zero-order valence-electron chi connectivity index (χ0n) is 11.7. The van der Waals surface area contributed by atoms with Crippen molar-refractivity contribution < 1.29 is 19.4 Å². The average molecular weight is 290 g/mol. The van der Waals surface area contributed by atoms with Crippen molar-refractivity contribution in [2.75, 3.05) is 19.7 Å². The van der Waals surface area contributed by atoms with E-state index in [0.29, 0.717) is 19.7 Å². The van der Waals surface area contributed by atoms with Crippen LogP contribution in [0.15, 0.2) is 18.3 Å². The number of rotatable bonds is 2. The number of carbonyl (C=O) groups is 2. The van der Waals surface area contributed by atoms with Gasteiger partial charge in [-0.25, -0.2) is 4.79 Å². The highest BCUT2D eigenvalue weighted by Gasteiger charge is 2.40. The highest BCUT2D eigenvalue weighted by Crippen LogP contribution is 2.36. The Labute approximate surface area is 122 Å². The average Bonchev–Trinajstić information content (AvgIpc) is 2.94. The Hall–Kier alpha value is -1.95. The number of nitrogens with zero attached hydrogens (tertiary/aromatic N) is 2. The van der Waals surface area contributed by atoms with E-state index in [1.54, 1.807) is 4.90 Å². The van der Waals surface area contributed by atoms with Crippen LogP contribution in [0.3, 0.4) is 0 Å². The summed E-state index contributed by atoms with van der Waals surface area (Å²) in [5.74, 6) is -1.27. The van der Waals surface area contributed by atoms with Gasteiger partial charge in [-0.3, -0.25) is 9.78 Å². The molecule has 6 heteroatoms. The molecule has 1 aromatic heterocycles. The summed E-state index contributed by atoms with van der Waals surface area (Å²) in [4.78, 5) is 29.3. The van der Waals surface area contributed by atoms with Crippen LogP contribution < -0.4 is 0 Å². The zero-order valence-corrected chi connectivity index (χ0v) is 11.7. The summed E-state index contributed by atoms with van der Waals surface area (Å²) in [6, 6.07) is 2.72. The molecule has 0 atom stereocenters. The van der Waals surface area contributed by atoms with E-state index < -0.39 is 5.97 Å². The molecule has 2 heterocycles. The molecule has 112 valence electrons. The molecule has 0 unspecified atom stereocenters. The Morgan fingerprint density at radius 3 is 2.81 bits per heavy atom. The Bertz CT molecular complexity index is 567. The predicted molar refractivity (Wildman–Crippen MR) is 74.3 cm³/mol. The van der Waals surface area contributed by atoms with Crippen molar-refractivity contribution in [1.82, 2.24) is 9.88 Å². The Balaban J connectivity index is 1.78. The maximum absolute atomic E-state index is 12.5. The lowest BCUT2D eigenvalue weighted by molar-refractivity contribution is -0.0949. The summed E-state index contributed by atoms with van der Waals surface area (Å²) < 4.78 is 5.90. The molecule has 0 aromatic carbocycles. The smallest absolute Gasteiger partial charge is 0.335 e. The number of hydrogen-bond acceptors (Lipinski definition) is 4. The van der Waals surface area contributed by atoms with Gasteiger partial charge in [-0.05, 0) is 25.0 Å². The lowest BCUT2D eigenvalue weighted by atomic mass is 9.99. The van der Waals surface area contributed by atoms with Gasteiger partial charge >= 0.3 is 5.97 Å². The predicted octanol–water partition coefficient (Wildman–Crippen LogP) is 1.56. The van der Waals surface area contributed by atoms with Gasteiger partial charge in [-0.15, -0.1) is 0 Å². The summed E-state index contributed by atoms with van der Waals surface area (Å²) >= 11 is 0. The fraction of sp³-hybridized carbons (Fsp3) is 0.533. The van der Waals surface area contributed by atoms with Gasteiger partial charge < -0.3 is 14.7 Å². The van der Waals surface area contributed by atoms with Crippen LogP contribution in [0, 0.1) is 0 Å². The molecule has 21 heavy (non-hydrogen) atoms. The van der Waals surface area contributed by atoms with Crippen LogP contribution in [0.2, 0.25) is 0 Å². The summed E-state index contributed by atoms with van der Waals surface area (Å²) in [6.07, 6.45) is 5.60. The van der Waals surface area contributed by atoms with E-state index in [0.717, 1.165) is 25.7 Å². The van der Waals surface area contributed by atoms with Crippen LogP contribution in [0.4, 0.5) is 0 Å². The zero-order chi connectivity index (χ0) is 14.9. The fourth-order valence-electron chi connectivity index (χ4n) is 3.18. The molecular weight excluding hydrogens is 272 g/mol. The molecule has 2 fully saturated rings. The van der Waals surface area contributed by atoms with E-state index in [1.807, 2.05) is 0 Å². The first-order chi connectivity index (χ1) is 10.1. The first kappa shape index (κ1) is 14.0. The van der Waals surface area contributed by atoms with Gasteiger partial charge in [0.2, 0.25) is 0 Å². The van der Waals surface area contributed by atoms with E-state index in [1.165, 1.54) is 18.3 Å². The van der Waals surface area contributed by atoms with E-state index >= 15 is 0 Å². The number of morpholine rings is 1. The van der Waals surface area contributed by atoms with E-state index in [9.17, 15) is 9.59 Å². The van der Waals surface area contributed by atoms with Crippen molar-refractivity contribution in [3.05, 3.63) is 29.6 Å². The highest BCUT2D eigenvalue weighted by molar-refractivity contribution is 5.95. The quantitative estimate of drug-likeness (QED) is 0.894. The number of pyridine rings is 1. The van der Waals surface area contributed by atoms with E-state index in [-0.39, 0.29) is 22.8 Å². The second-order valence-corrected chi connectivity index (χ2v) is 5.70. The van der Waals surface area contributed by atoms with Crippen LogP contribution in [0.5, 0.6) is 0 Å². The molecular formula is C15H18N2O4. The molecule has 1 saturated heterocycles. The van der Waals surface area contributed by atoms with Crippen molar-refractivity contribution >= 4 is 11.9 Å². The molecule has 1 spiro atoms. The highest BCUT2D eigenvalue weighted by atomic mass is 16.5. The Kier molecular flexibility index (Phi) is 3.63. The number of carbonyl (C=O) groups excluding carboxylic acids is 1. The largest absolute Gasteiger partial charge is 0.478 e. The SMILES string of the molecule is O=C(O)c1ccnc(C(=O)N2CCOC3(CCCC3)C2)c1. The molecule has 1 amide bonds. The molecule has 1 aromatic rings. The summed E-state index contributed by atoms with van der Waals surface area (Å²) in [6.45, 7) is 1.63.